The lowest BCUT2D eigenvalue weighted by Gasteiger charge is -2.36. The van der Waals surface area contributed by atoms with E-state index in [9.17, 15) is 0 Å². The van der Waals surface area contributed by atoms with Crippen LogP contribution < -0.4 is 5.73 Å². The van der Waals surface area contributed by atoms with E-state index in [1.54, 1.807) is 0 Å². The zero-order valence-corrected chi connectivity index (χ0v) is 11.7. The molecule has 0 spiro atoms. The summed E-state index contributed by atoms with van der Waals surface area (Å²) in [6.07, 6.45) is 1.15. The van der Waals surface area contributed by atoms with E-state index in [4.69, 9.17) is 5.73 Å². The predicted octanol–water partition coefficient (Wildman–Crippen LogP) is 2.14. The second kappa shape index (κ2) is 4.54. The molecule has 1 aromatic carbocycles. The highest BCUT2D eigenvalue weighted by molar-refractivity contribution is 7.99. The van der Waals surface area contributed by atoms with Crippen LogP contribution in [0.3, 0.4) is 0 Å². The second-order valence-electron chi connectivity index (χ2n) is 5.53. The zero-order chi connectivity index (χ0) is 12.8. The third-order valence-electron chi connectivity index (χ3n) is 4.42. The van der Waals surface area contributed by atoms with E-state index in [0.717, 1.165) is 25.3 Å². The summed E-state index contributed by atoms with van der Waals surface area (Å²) in [5.41, 5.74) is 10.6. The smallest absolute Gasteiger partial charge is 0.0663 e. The lowest BCUT2D eigenvalue weighted by molar-refractivity contribution is 0.177. The van der Waals surface area contributed by atoms with Gasteiger partial charge in [-0.3, -0.25) is 4.90 Å². The molecule has 3 heterocycles. The van der Waals surface area contributed by atoms with Gasteiger partial charge in [0.15, 0.2) is 0 Å². The third-order valence-corrected chi connectivity index (χ3v) is 5.52. The van der Waals surface area contributed by atoms with Crippen molar-refractivity contribution >= 4 is 22.7 Å². The Hall–Kier alpha value is -0.970. The zero-order valence-electron chi connectivity index (χ0n) is 10.9. The van der Waals surface area contributed by atoms with Gasteiger partial charge in [0.1, 0.15) is 0 Å². The van der Waals surface area contributed by atoms with Crippen LogP contribution in [-0.4, -0.2) is 40.5 Å². The fourth-order valence-corrected chi connectivity index (χ4v) is 4.53. The summed E-state index contributed by atoms with van der Waals surface area (Å²) in [6, 6.07) is 9.26. The number of nitrogens with one attached hydrogen (secondary N) is 1. The molecule has 0 bridgehead atoms. The molecule has 3 nitrogen and oxygen atoms in total. The largest absolute Gasteiger partial charge is 0.357 e. The molecule has 2 aliphatic heterocycles. The van der Waals surface area contributed by atoms with Crippen LogP contribution in [0.15, 0.2) is 24.3 Å². The van der Waals surface area contributed by atoms with Gasteiger partial charge >= 0.3 is 0 Å². The Morgan fingerprint density at radius 3 is 3.11 bits per heavy atom. The quantitative estimate of drug-likeness (QED) is 0.773. The van der Waals surface area contributed by atoms with E-state index in [1.807, 2.05) is 11.8 Å². The molecule has 100 valence electrons. The first-order chi connectivity index (χ1) is 9.34. The summed E-state index contributed by atoms with van der Waals surface area (Å²) in [4.78, 5) is 6.21. The molecule has 19 heavy (non-hydrogen) atoms. The topological polar surface area (TPSA) is 45.0 Å². The maximum Gasteiger partial charge on any atom is 0.0663 e. The van der Waals surface area contributed by atoms with E-state index in [-0.39, 0.29) is 6.04 Å². The van der Waals surface area contributed by atoms with Gasteiger partial charge in [-0.1, -0.05) is 18.2 Å². The highest BCUT2D eigenvalue weighted by Gasteiger charge is 2.35. The molecule has 2 aliphatic rings. The van der Waals surface area contributed by atoms with Crippen LogP contribution in [0.25, 0.3) is 10.9 Å². The molecule has 0 saturated carbocycles. The van der Waals surface area contributed by atoms with Gasteiger partial charge in [-0.2, -0.15) is 11.8 Å². The molecule has 1 fully saturated rings. The molecular weight excluding hydrogens is 254 g/mol. The number of aromatic amines is 1. The minimum absolute atomic E-state index is 0.236. The minimum atomic E-state index is 0.236. The lowest BCUT2D eigenvalue weighted by atomic mass is 9.93. The van der Waals surface area contributed by atoms with Crippen LogP contribution in [-0.2, 0) is 6.42 Å². The van der Waals surface area contributed by atoms with Crippen molar-refractivity contribution in [1.29, 1.82) is 0 Å². The Morgan fingerprint density at radius 2 is 2.16 bits per heavy atom. The van der Waals surface area contributed by atoms with Crippen LogP contribution in [0.4, 0.5) is 0 Å². The van der Waals surface area contributed by atoms with Gasteiger partial charge < -0.3 is 10.7 Å². The standard InChI is InChI=1S/C15H19N3S/c16-12-9-19-8-7-18-6-5-11-10-3-1-2-4-13(10)17-14(11)15(12)18/h1-4,12,15,17H,5-9,16H2/t12-,15+/m1/s1. The van der Waals surface area contributed by atoms with Crippen molar-refractivity contribution in [2.75, 3.05) is 24.6 Å². The summed E-state index contributed by atoms with van der Waals surface area (Å²) in [6.45, 7) is 2.31. The predicted molar refractivity (Wildman–Crippen MR) is 81.6 cm³/mol. The molecule has 0 radical (unpaired) electrons. The Balaban J connectivity index is 1.88. The molecule has 1 saturated heterocycles. The number of hydrogen-bond acceptors (Lipinski definition) is 3. The fraction of sp³-hybridized carbons (Fsp3) is 0.467. The minimum Gasteiger partial charge on any atom is -0.357 e. The molecule has 1 aromatic heterocycles. The van der Waals surface area contributed by atoms with Crippen molar-refractivity contribution in [3.63, 3.8) is 0 Å². The van der Waals surface area contributed by atoms with E-state index in [2.05, 4.69) is 34.1 Å². The summed E-state index contributed by atoms with van der Waals surface area (Å²) >= 11 is 1.99. The van der Waals surface area contributed by atoms with Crippen molar-refractivity contribution in [1.82, 2.24) is 9.88 Å². The number of benzene rings is 1. The Bertz CT molecular complexity index is 606. The molecule has 0 unspecified atom stereocenters. The molecule has 4 rings (SSSR count). The molecule has 4 heteroatoms. The highest BCUT2D eigenvalue weighted by Crippen LogP contribution is 2.37. The third kappa shape index (κ3) is 1.82. The van der Waals surface area contributed by atoms with Gasteiger partial charge in [0.25, 0.3) is 0 Å². The Morgan fingerprint density at radius 1 is 1.26 bits per heavy atom. The average Bonchev–Trinajstić information content (AvgIpc) is 2.70. The summed E-state index contributed by atoms with van der Waals surface area (Å²) < 4.78 is 0. The summed E-state index contributed by atoms with van der Waals surface area (Å²) in [5, 5.41) is 1.39. The SMILES string of the molecule is N[C@@H]1CSCCN2CCc3c([nH]c4ccccc34)[C@H]12. The van der Waals surface area contributed by atoms with E-state index in [1.165, 1.54) is 27.9 Å². The van der Waals surface area contributed by atoms with Crippen LogP contribution >= 0.6 is 11.8 Å². The average molecular weight is 273 g/mol. The molecule has 3 N–H and O–H groups in total. The molecule has 2 aromatic rings. The number of nitrogens with two attached hydrogens (primary N) is 1. The normalized spacial score (nSPS) is 27.8. The number of fused-ring (bicyclic) bond motifs is 5. The van der Waals surface area contributed by atoms with E-state index in [0.29, 0.717) is 6.04 Å². The first kappa shape index (κ1) is 11.8. The maximum atomic E-state index is 6.44. The number of H-pyrrole nitrogens is 1. The number of rotatable bonds is 0. The van der Waals surface area contributed by atoms with Crippen LogP contribution in [0, 0.1) is 0 Å². The molecular formula is C15H19N3S. The maximum absolute atomic E-state index is 6.44. The molecule has 2 atom stereocenters. The number of hydrogen-bond donors (Lipinski definition) is 2. The number of aromatic nitrogens is 1. The van der Waals surface area contributed by atoms with Crippen molar-refractivity contribution < 1.29 is 0 Å². The summed E-state index contributed by atoms with van der Waals surface area (Å²) in [5.74, 6) is 2.27. The second-order valence-corrected chi connectivity index (χ2v) is 6.68. The number of thioether (sulfide) groups is 1. The van der Waals surface area contributed by atoms with Crippen molar-refractivity contribution in [3.05, 3.63) is 35.5 Å². The monoisotopic (exact) mass is 273 g/mol. The van der Waals surface area contributed by atoms with E-state index < -0.39 is 0 Å². The highest BCUT2D eigenvalue weighted by atomic mass is 32.2. The fourth-order valence-electron chi connectivity index (χ4n) is 3.55. The van der Waals surface area contributed by atoms with Gasteiger partial charge in [-0.05, 0) is 18.1 Å². The van der Waals surface area contributed by atoms with E-state index >= 15 is 0 Å². The van der Waals surface area contributed by atoms with Gasteiger partial charge in [0, 0.05) is 47.2 Å². The van der Waals surface area contributed by atoms with Crippen LogP contribution in [0.2, 0.25) is 0 Å². The first-order valence-corrected chi connectivity index (χ1v) is 8.17. The van der Waals surface area contributed by atoms with Gasteiger partial charge in [0.05, 0.1) is 6.04 Å². The van der Waals surface area contributed by atoms with Gasteiger partial charge in [-0.25, -0.2) is 0 Å². The van der Waals surface area contributed by atoms with Crippen LogP contribution in [0.1, 0.15) is 17.3 Å². The number of nitrogens with zero attached hydrogens (tertiary/aromatic N) is 1. The first-order valence-electron chi connectivity index (χ1n) is 7.01. The van der Waals surface area contributed by atoms with Gasteiger partial charge in [0.2, 0.25) is 0 Å². The lowest BCUT2D eigenvalue weighted by Crippen LogP contribution is -2.45. The molecule has 0 amide bonds. The van der Waals surface area contributed by atoms with Gasteiger partial charge in [-0.15, -0.1) is 0 Å². The van der Waals surface area contributed by atoms with Crippen LogP contribution in [0.5, 0.6) is 0 Å². The molecule has 0 aliphatic carbocycles. The van der Waals surface area contributed by atoms with Crippen molar-refractivity contribution in [2.24, 2.45) is 5.73 Å². The number of para-hydroxylation sites is 1. The summed E-state index contributed by atoms with van der Waals surface area (Å²) in [7, 11) is 0. The Labute approximate surface area is 117 Å². The van der Waals surface area contributed by atoms with Crippen molar-refractivity contribution in [3.8, 4) is 0 Å². The van der Waals surface area contributed by atoms with Crippen molar-refractivity contribution in [2.45, 2.75) is 18.5 Å². The Kier molecular flexibility index (Phi) is 2.83.